The van der Waals surface area contributed by atoms with Gasteiger partial charge in [0.05, 0.1) is 5.56 Å². The maximum absolute atomic E-state index is 11.4. The lowest BCUT2D eigenvalue weighted by Crippen LogP contribution is -2.35. The van der Waals surface area contributed by atoms with E-state index in [-0.39, 0.29) is 0 Å². The van der Waals surface area contributed by atoms with Gasteiger partial charge in [0.25, 0.3) is 5.91 Å². The van der Waals surface area contributed by atoms with Gasteiger partial charge in [-0.2, -0.15) is 0 Å². The van der Waals surface area contributed by atoms with Gasteiger partial charge < -0.3 is 21.7 Å². The maximum Gasteiger partial charge on any atom is 0.250 e. The fraction of sp³-hybridized carbons (Fsp3) is 0.533. The number of likely N-dealkylation sites (tertiary alicyclic amines) is 1. The highest BCUT2D eigenvalue weighted by atomic mass is 16.1. The summed E-state index contributed by atoms with van der Waals surface area (Å²) < 4.78 is 0. The maximum atomic E-state index is 11.4. The van der Waals surface area contributed by atoms with Gasteiger partial charge >= 0.3 is 0 Å². The van der Waals surface area contributed by atoms with Crippen LogP contribution in [0, 0.1) is 5.92 Å². The lowest BCUT2D eigenvalue weighted by Gasteiger charge is -2.31. The van der Waals surface area contributed by atoms with E-state index < -0.39 is 5.91 Å². The molecule has 0 radical (unpaired) electrons. The predicted octanol–water partition coefficient (Wildman–Crippen LogP) is 1.51. The van der Waals surface area contributed by atoms with Crippen LogP contribution in [0.4, 0.5) is 11.4 Å². The van der Waals surface area contributed by atoms with Crippen molar-refractivity contribution in [3.05, 3.63) is 23.8 Å². The highest BCUT2D eigenvalue weighted by Gasteiger charge is 2.18. The molecule has 20 heavy (non-hydrogen) atoms. The van der Waals surface area contributed by atoms with E-state index in [1.807, 2.05) is 6.07 Å². The van der Waals surface area contributed by atoms with E-state index in [1.165, 1.54) is 12.8 Å². The number of nitrogens with zero attached hydrogens (tertiary/aromatic N) is 1. The predicted molar refractivity (Wildman–Crippen MR) is 82.7 cm³/mol. The molecule has 0 bridgehead atoms. The average Bonchev–Trinajstić information content (AvgIpc) is 2.46. The number of hydrogen-bond donors (Lipinski definition) is 3. The number of piperidine rings is 1. The first-order valence-electron chi connectivity index (χ1n) is 7.25. The van der Waals surface area contributed by atoms with E-state index in [1.54, 1.807) is 12.1 Å². The lowest BCUT2D eigenvalue weighted by atomic mass is 9.96. The molecule has 0 spiro atoms. The summed E-state index contributed by atoms with van der Waals surface area (Å²) in [6.07, 6.45) is 2.39. The summed E-state index contributed by atoms with van der Waals surface area (Å²) in [4.78, 5) is 13.9. The summed E-state index contributed by atoms with van der Waals surface area (Å²) in [6.45, 7) is 6.53. The van der Waals surface area contributed by atoms with Crippen molar-refractivity contribution in [3.63, 3.8) is 0 Å². The minimum Gasteiger partial charge on any atom is -0.399 e. The first kappa shape index (κ1) is 14.7. The Morgan fingerprint density at radius 3 is 2.70 bits per heavy atom. The molecule has 0 saturated carbocycles. The molecule has 1 heterocycles. The second kappa shape index (κ2) is 6.61. The number of anilines is 2. The third-order valence-corrected chi connectivity index (χ3v) is 4.04. The molecule has 1 aromatic carbocycles. The van der Waals surface area contributed by atoms with Gasteiger partial charge in [-0.3, -0.25) is 4.79 Å². The standard InChI is InChI=1S/C15H24N4O/c1-2-19-7-5-11(6-8-19)10-18-14-4-3-12(16)9-13(14)15(17)20/h3-4,9,11,18H,2,5-8,10,16H2,1H3,(H2,17,20). The van der Waals surface area contributed by atoms with Crippen molar-refractivity contribution in [2.24, 2.45) is 11.7 Å². The van der Waals surface area contributed by atoms with Crippen LogP contribution in [0.5, 0.6) is 0 Å². The molecule has 5 N–H and O–H groups in total. The monoisotopic (exact) mass is 276 g/mol. The molecule has 5 heteroatoms. The van der Waals surface area contributed by atoms with Crippen LogP contribution < -0.4 is 16.8 Å². The Labute approximate surface area is 120 Å². The molecule has 0 atom stereocenters. The number of primary amides is 1. The molecular formula is C15H24N4O. The molecule has 5 nitrogen and oxygen atoms in total. The molecule has 1 saturated heterocycles. The van der Waals surface area contributed by atoms with Crippen molar-refractivity contribution in [2.75, 3.05) is 37.2 Å². The van der Waals surface area contributed by atoms with Crippen LogP contribution in [0.15, 0.2) is 18.2 Å². The largest absolute Gasteiger partial charge is 0.399 e. The summed E-state index contributed by atoms with van der Waals surface area (Å²) in [5.74, 6) is 0.205. The van der Waals surface area contributed by atoms with Gasteiger partial charge in [0, 0.05) is 17.9 Å². The number of nitrogens with two attached hydrogens (primary N) is 2. The van der Waals surface area contributed by atoms with Gasteiger partial charge in [0.15, 0.2) is 0 Å². The Bertz CT molecular complexity index is 467. The van der Waals surface area contributed by atoms with E-state index in [0.29, 0.717) is 17.2 Å². The van der Waals surface area contributed by atoms with Crippen molar-refractivity contribution in [1.82, 2.24) is 4.90 Å². The van der Waals surface area contributed by atoms with Crippen molar-refractivity contribution in [1.29, 1.82) is 0 Å². The Morgan fingerprint density at radius 2 is 2.10 bits per heavy atom. The molecule has 110 valence electrons. The minimum atomic E-state index is -0.444. The number of amides is 1. The van der Waals surface area contributed by atoms with Crippen LogP contribution in [0.1, 0.15) is 30.1 Å². The second-order valence-corrected chi connectivity index (χ2v) is 5.43. The normalized spacial score (nSPS) is 17.1. The molecule has 1 aromatic rings. The summed E-state index contributed by atoms with van der Waals surface area (Å²) in [5.41, 5.74) is 12.9. The van der Waals surface area contributed by atoms with Gasteiger partial charge in [-0.1, -0.05) is 6.92 Å². The Balaban J connectivity index is 1.93. The number of carbonyl (C=O) groups excluding carboxylic acids is 1. The number of nitrogen functional groups attached to an aromatic ring is 1. The highest BCUT2D eigenvalue weighted by Crippen LogP contribution is 2.21. The molecule has 0 unspecified atom stereocenters. The quantitative estimate of drug-likeness (QED) is 0.712. The van der Waals surface area contributed by atoms with Gasteiger partial charge in [-0.25, -0.2) is 0 Å². The number of benzene rings is 1. The van der Waals surface area contributed by atoms with E-state index in [2.05, 4.69) is 17.1 Å². The van der Waals surface area contributed by atoms with Crippen molar-refractivity contribution in [2.45, 2.75) is 19.8 Å². The summed E-state index contributed by atoms with van der Waals surface area (Å²) >= 11 is 0. The van der Waals surface area contributed by atoms with Gasteiger partial charge in [0.2, 0.25) is 0 Å². The number of nitrogens with one attached hydrogen (secondary N) is 1. The van der Waals surface area contributed by atoms with Crippen molar-refractivity contribution in [3.8, 4) is 0 Å². The molecule has 0 aliphatic carbocycles. The Kier molecular flexibility index (Phi) is 4.84. The van der Waals surface area contributed by atoms with Gasteiger partial charge in [0.1, 0.15) is 0 Å². The first-order chi connectivity index (χ1) is 9.60. The molecule has 1 amide bonds. The van der Waals surface area contributed by atoms with Gasteiger partial charge in [-0.15, -0.1) is 0 Å². The van der Waals surface area contributed by atoms with Crippen LogP contribution >= 0.6 is 0 Å². The first-order valence-corrected chi connectivity index (χ1v) is 7.25. The summed E-state index contributed by atoms with van der Waals surface area (Å²) in [7, 11) is 0. The fourth-order valence-corrected chi connectivity index (χ4v) is 2.68. The SMILES string of the molecule is CCN1CCC(CNc2ccc(N)cc2C(N)=O)CC1. The van der Waals surface area contributed by atoms with E-state index in [4.69, 9.17) is 11.5 Å². The Morgan fingerprint density at radius 1 is 1.40 bits per heavy atom. The molecular weight excluding hydrogens is 252 g/mol. The third kappa shape index (κ3) is 3.63. The minimum absolute atomic E-state index is 0.444. The number of hydrogen-bond acceptors (Lipinski definition) is 4. The number of rotatable bonds is 5. The van der Waals surface area contributed by atoms with E-state index >= 15 is 0 Å². The zero-order chi connectivity index (χ0) is 14.5. The molecule has 2 rings (SSSR count). The molecule has 1 fully saturated rings. The lowest BCUT2D eigenvalue weighted by molar-refractivity contribution is 0.100. The third-order valence-electron chi connectivity index (χ3n) is 4.04. The average molecular weight is 276 g/mol. The molecule has 0 aromatic heterocycles. The molecule has 1 aliphatic rings. The zero-order valence-corrected chi connectivity index (χ0v) is 12.1. The topological polar surface area (TPSA) is 84.4 Å². The van der Waals surface area contributed by atoms with Crippen LogP contribution in [0.25, 0.3) is 0 Å². The van der Waals surface area contributed by atoms with E-state index in [0.717, 1.165) is 31.9 Å². The van der Waals surface area contributed by atoms with Crippen LogP contribution in [-0.4, -0.2) is 37.0 Å². The summed E-state index contributed by atoms with van der Waals surface area (Å²) in [6, 6.07) is 5.25. The molecule has 1 aliphatic heterocycles. The van der Waals surface area contributed by atoms with E-state index in [9.17, 15) is 4.79 Å². The number of carbonyl (C=O) groups is 1. The fourth-order valence-electron chi connectivity index (χ4n) is 2.68. The second-order valence-electron chi connectivity index (χ2n) is 5.43. The smallest absolute Gasteiger partial charge is 0.250 e. The Hall–Kier alpha value is -1.75. The zero-order valence-electron chi connectivity index (χ0n) is 12.1. The highest BCUT2D eigenvalue weighted by molar-refractivity contribution is 5.99. The summed E-state index contributed by atoms with van der Waals surface area (Å²) in [5, 5.41) is 3.35. The van der Waals surface area contributed by atoms with Crippen molar-refractivity contribution < 1.29 is 4.79 Å². The van der Waals surface area contributed by atoms with Crippen LogP contribution in [-0.2, 0) is 0 Å². The van der Waals surface area contributed by atoms with Gasteiger partial charge in [-0.05, 0) is 56.6 Å². The van der Waals surface area contributed by atoms with Crippen LogP contribution in [0.2, 0.25) is 0 Å². The van der Waals surface area contributed by atoms with Crippen molar-refractivity contribution >= 4 is 17.3 Å². The van der Waals surface area contributed by atoms with Crippen LogP contribution in [0.3, 0.4) is 0 Å².